The molecule has 0 spiro atoms. The Morgan fingerprint density at radius 1 is 1.24 bits per heavy atom. The van der Waals surface area contributed by atoms with Crippen molar-refractivity contribution in [3.63, 3.8) is 0 Å². The van der Waals surface area contributed by atoms with Crippen molar-refractivity contribution in [2.24, 2.45) is 5.92 Å². The normalized spacial score (nSPS) is 20.2. The minimum absolute atomic E-state index is 0.270. The zero-order valence-corrected chi connectivity index (χ0v) is 9.72. The third-order valence-electron chi connectivity index (χ3n) is 3.03. The average Bonchev–Trinajstić information content (AvgIpc) is 2.29. The highest BCUT2D eigenvalue weighted by Crippen LogP contribution is 2.18. The first kappa shape index (κ1) is 12.3. The maximum Gasteiger partial charge on any atom is 0.129 e. The molecule has 0 aromatic heterocycles. The molecule has 2 rings (SSSR count). The second-order valence-corrected chi connectivity index (χ2v) is 4.45. The average molecular weight is 241 g/mol. The lowest BCUT2D eigenvalue weighted by atomic mass is 9.97. The molecule has 1 heterocycles. The first-order valence-corrected chi connectivity index (χ1v) is 6.03. The van der Waals surface area contributed by atoms with E-state index in [4.69, 9.17) is 4.74 Å². The van der Waals surface area contributed by atoms with Crippen LogP contribution in [0.1, 0.15) is 19.3 Å². The van der Waals surface area contributed by atoms with Crippen LogP contribution in [0.25, 0.3) is 0 Å². The topological polar surface area (TPSA) is 21.3 Å². The summed E-state index contributed by atoms with van der Waals surface area (Å²) in [7, 11) is 0. The Balaban J connectivity index is 1.77. The summed E-state index contributed by atoms with van der Waals surface area (Å²) in [6.45, 7) is 2.61. The van der Waals surface area contributed by atoms with Crippen LogP contribution in [0.4, 0.5) is 8.78 Å². The van der Waals surface area contributed by atoms with Crippen LogP contribution < -0.4 is 10.1 Å². The Morgan fingerprint density at radius 3 is 2.65 bits per heavy atom. The van der Waals surface area contributed by atoms with Crippen molar-refractivity contribution >= 4 is 0 Å². The lowest BCUT2D eigenvalue weighted by Crippen LogP contribution is -2.30. The summed E-state index contributed by atoms with van der Waals surface area (Å²) in [5.74, 6) is -0.313. The van der Waals surface area contributed by atoms with Crippen LogP contribution in [-0.2, 0) is 0 Å². The van der Waals surface area contributed by atoms with Gasteiger partial charge in [0, 0.05) is 18.2 Å². The van der Waals surface area contributed by atoms with Gasteiger partial charge in [-0.2, -0.15) is 0 Å². The summed E-state index contributed by atoms with van der Waals surface area (Å²) in [5, 5.41) is 3.33. The fraction of sp³-hybridized carbons (Fsp3) is 0.538. The molecule has 0 aliphatic carbocycles. The van der Waals surface area contributed by atoms with E-state index in [1.165, 1.54) is 25.0 Å². The van der Waals surface area contributed by atoms with Gasteiger partial charge >= 0.3 is 0 Å². The van der Waals surface area contributed by atoms with E-state index in [1.807, 2.05) is 0 Å². The summed E-state index contributed by atoms with van der Waals surface area (Å²) < 4.78 is 31.1. The Bertz CT molecular complexity index is 344. The monoisotopic (exact) mass is 241 g/mol. The zero-order chi connectivity index (χ0) is 12.1. The van der Waals surface area contributed by atoms with Gasteiger partial charge in [-0.05, 0) is 38.3 Å². The van der Waals surface area contributed by atoms with E-state index in [0.29, 0.717) is 12.5 Å². The second kappa shape index (κ2) is 5.96. The fourth-order valence-corrected chi connectivity index (χ4v) is 2.13. The number of halogens is 2. The van der Waals surface area contributed by atoms with Gasteiger partial charge in [0.25, 0.3) is 0 Å². The number of piperidine rings is 1. The van der Waals surface area contributed by atoms with Gasteiger partial charge in [-0.25, -0.2) is 8.78 Å². The van der Waals surface area contributed by atoms with Crippen molar-refractivity contribution in [1.82, 2.24) is 5.32 Å². The summed E-state index contributed by atoms with van der Waals surface area (Å²) in [4.78, 5) is 0. The summed E-state index contributed by atoms with van der Waals surface area (Å²) in [6.07, 6.45) is 3.32. The molecule has 1 atom stereocenters. The minimum Gasteiger partial charge on any atom is -0.493 e. The van der Waals surface area contributed by atoms with Gasteiger partial charge in [0.2, 0.25) is 0 Å². The highest BCUT2D eigenvalue weighted by atomic mass is 19.1. The van der Waals surface area contributed by atoms with Crippen LogP contribution in [0.15, 0.2) is 18.2 Å². The quantitative estimate of drug-likeness (QED) is 0.875. The molecule has 0 radical (unpaired) electrons. The molecule has 2 nitrogen and oxygen atoms in total. The van der Waals surface area contributed by atoms with E-state index >= 15 is 0 Å². The molecule has 1 N–H and O–H groups in total. The molecule has 1 aromatic rings. The third-order valence-corrected chi connectivity index (χ3v) is 3.03. The number of nitrogens with one attached hydrogen (secondary N) is 1. The van der Waals surface area contributed by atoms with E-state index in [0.717, 1.165) is 25.6 Å². The molecule has 17 heavy (non-hydrogen) atoms. The molecule has 0 bridgehead atoms. The van der Waals surface area contributed by atoms with E-state index < -0.39 is 11.6 Å². The predicted octanol–water partition coefficient (Wildman–Crippen LogP) is 2.73. The van der Waals surface area contributed by atoms with E-state index in [9.17, 15) is 8.78 Å². The van der Waals surface area contributed by atoms with Crippen molar-refractivity contribution in [1.29, 1.82) is 0 Å². The number of hydrogen-bond acceptors (Lipinski definition) is 2. The van der Waals surface area contributed by atoms with Gasteiger partial charge in [-0.15, -0.1) is 0 Å². The molecule has 1 saturated heterocycles. The maximum atomic E-state index is 12.9. The Kier molecular flexibility index (Phi) is 4.31. The molecular weight excluding hydrogens is 224 g/mol. The first-order valence-electron chi connectivity index (χ1n) is 6.03. The molecule has 0 saturated carbocycles. The van der Waals surface area contributed by atoms with Crippen molar-refractivity contribution in [3.05, 3.63) is 29.8 Å². The van der Waals surface area contributed by atoms with Crippen LogP contribution in [0.5, 0.6) is 5.75 Å². The van der Waals surface area contributed by atoms with Crippen LogP contribution in [-0.4, -0.2) is 19.7 Å². The van der Waals surface area contributed by atoms with Gasteiger partial charge in [0.05, 0.1) is 6.61 Å². The lowest BCUT2D eigenvalue weighted by molar-refractivity contribution is 0.252. The van der Waals surface area contributed by atoms with Crippen LogP contribution in [0.3, 0.4) is 0 Å². The molecule has 4 heteroatoms. The zero-order valence-electron chi connectivity index (χ0n) is 9.72. The van der Waals surface area contributed by atoms with Gasteiger partial charge in [0.15, 0.2) is 0 Å². The Morgan fingerprint density at radius 2 is 2.00 bits per heavy atom. The van der Waals surface area contributed by atoms with E-state index in [1.54, 1.807) is 0 Å². The molecule has 1 unspecified atom stereocenters. The smallest absolute Gasteiger partial charge is 0.129 e. The van der Waals surface area contributed by atoms with Gasteiger partial charge in [-0.1, -0.05) is 0 Å². The molecule has 0 amide bonds. The summed E-state index contributed by atoms with van der Waals surface area (Å²) in [5.41, 5.74) is 0. The SMILES string of the molecule is Fc1cc(F)cc(OCCC2CCCNC2)c1. The van der Waals surface area contributed by atoms with Gasteiger partial charge in [-0.3, -0.25) is 0 Å². The fourth-order valence-electron chi connectivity index (χ4n) is 2.13. The molecule has 1 aliphatic heterocycles. The van der Waals surface area contributed by atoms with Gasteiger partial charge < -0.3 is 10.1 Å². The number of benzene rings is 1. The molecule has 1 aliphatic rings. The van der Waals surface area contributed by atoms with Crippen LogP contribution >= 0.6 is 0 Å². The summed E-state index contributed by atoms with van der Waals surface area (Å²) in [6, 6.07) is 3.27. The standard InChI is InChI=1S/C13H17F2NO/c14-11-6-12(15)8-13(7-11)17-5-3-10-2-1-4-16-9-10/h6-8,10,16H,1-5,9H2. The highest BCUT2D eigenvalue weighted by molar-refractivity contribution is 5.23. The Hall–Kier alpha value is -1.16. The van der Waals surface area contributed by atoms with E-state index in [-0.39, 0.29) is 5.75 Å². The lowest BCUT2D eigenvalue weighted by Gasteiger charge is -2.22. The predicted molar refractivity (Wildman–Crippen MR) is 62.1 cm³/mol. The third kappa shape index (κ3) is 3.97. The summed E-state index contributed by atoms with van der Waals surface area (Å²) >= 11 is 0. The van der Waals surface area contributed by atoms with Crippen LogP contribution in [0.2, 0.25) is 0 Å². The molecule has 1 fully saturated rings. The van der Waals surface area contributed by atoms with Crippen molar-refractivity contribution in [2.45, 2.75) is 19.3 Å². The maximum absolute atomic E-state index is 12.9. The number of rotatable bonds is 4. The Labute approximate surface area is 100.0 Å². The van der Waals surface area contributed by atoms with Crippen molar-refractivity contribution in [3.8, 4) is 5.75 Å². The van der Waals surface area contributed by atoms with Crippen LogP contribution in [0, 0.1) is 17.6 Å². The minimum atomic E-state index is -0.598. The highest BCUT2D eigenvalue weighted by Gasteiger charge is 2.12. The number of ether oxygens (including phenoxy) is 1. The van der Waals surface area contributed by atoms with Gasteiger partial charge in [0.1, 0.15) is 17.4 Å². The largest absolute Gasteiger partial charge is 0.493 e. The van der Waals surface area contributed by atoms with E-state index in [2.05, 4.69) is 5.32 Å². The molecule has 94 valence electrons. The van der Waals surface area contributed by atoms with Crippen molar-refractivity contribution in [2.75, 3.05) is 19.7 Å². The second-order valence-electron chi connectivity index (χ2n) is 4.45. The first-order chi connectivity index (χ1) is 8.24. The molecule has 1 aromatic carbocycles. The van der Waals surface area contributed by atoms with Crippen molar-refractivity contribution < 1.29 is 13.5 Å². The molecular formula is C13H17F2NO. The number of hydrogen-bond donors (Lipinski definition) is 1.